The van der Waals surface area contributed by atoms with Gasteiger partial charge >= 0.3 is 5.97 Å². The number of carbonyl (C=O) groups excluding carboxylic acids is 1. The number of fused-ring (bicyclic) bond motifs is 1. The minimum Gasteiger partial charge on any atom is -0.487 e. The molecule has 3 nitrogen and oxygen atoms in total. The molecule has 0 amide bonds. The molecule has 0 fully saturated rings. The van der Waals surface area contributed by atoms with Crippen molar-refractivity contribution in [2.75, 3.05) is 13.2 Å². The van der Waals surface area contributed by atoms with Gasteiger partial charge in [-0.3, -0.25) is 0 Å². The number of esters is 1. The van der Waals surface area contributed by atoms with Gasteiger partial charge in [0.15, 0.2) is 0 Å². The highest BCUT2D eigenvalue weighted by molar-refractivity contribution is 5.93. The number of ether oxygens (including phenoxy) is 2. The molecular formula is C17H18O3. The second-order valence-corrected chi connectivity index (χ2v) is 4.27. The molecule has 0 heterocycles. The summed E-state index contributed by atoms with van der Waals surface area (Å²) in [6, 6.07) is 14.1. The number of hydrogen-bond donors (Lipinski definition) is 0. The lowest BCUT2D eigenvalue weighted by atomic mass is 10.1. The summed E-state index contributed by atoms with van der Waals surface area (Å²) >= 11 is 0. The molecule has 0 spiro atoms. The lowest BCUT2D eigenvalue weighted by Crippen LogP contribution is -2.10. The first kappa shape index (κ1) is 14.1. The van der Waals surface area contributed by atoms with Crippen molar-refractivity contribution < 1.29 is 14.3 Å². The van der Waals surface area contributed by atoms with Gasteiger partial charge in [-0.25, -0.2) is 4.79 Å². The Hall–Kier alpha value is -2.29. The topological polar surface area (TPSA) is 35.5 Å². The van der Waals surface area contributed by atoms with Crippen LogP contribution in [-0.2, 0) is 14.3 Å². The van der Waals surface area contributed by atoms with Crippen LogP contribution in [0.15, 0.2) is 48.2 Å². The van der Waals surface area contributed by atoms with Crippen LogP contribution in [0.25, 0.3) is 16.8 Å². The fraction of sp³-hybridized carbons (Fsp3) is 0.235. The lowest BCUT2D eigenvalue weighted by molar-refractivity contribution is -0.142. The molecule has 20 heavy (non-hydrogen) atoms. The minimum atomic E-state index is -0.428. The van der Waals surface area contributed by atoms with Crippen molar-refractivity contribution in [3.05, 3.63) is 53.8 Å². The number of benzene rings is 2. The van der Waals surface area contributed by atoms with Crippen molar-refractivity contribution in [3.63, 3.8) is 0 Å². The van der Waals surface area contributed by atoms with Gasteiger partial charge in [-0.05, 0) is 42.3 Å². The van der Waals surface area contributed by atoms with Crippen LogP contribution >= 0.6 is 0 Å². The van der Waals surface area contributed by atoms with Crippen LogP contribution in [0.1, 0.15) is 19.4 Å². The van der Waals surface area contributed by atoms with E-state index in [2.05, 4.69) is 6.07 Å². The quantitative estimate of drug-likeness (QED) is 0.471. The average Bonchev–Trinajstić information content (AvgIpc) is 2.47. The van der Waals surface area contributed by atoms with Gasteiger partial charge in [0.1, 0.15) is 0 Å². The van der Waals surface area contributed by atoms with Crippen LogP contribution < -0.4 is 0 Å². The van der Waals surface area contributed by atoms with E-state index in [1.807, 2.05) is 43.3 Å². The van der Waals surface area contributed by atoms with Gasteiger partial charge in [0.05, 0.1) is 13.2 Å². The standard InChI is InChI=1S/C17H18O3/c1-3-19-16(17(18)20-4-2)12-13-9-10-14-7-5-6-8-15(14)11-13/h5-12H,3-4H2,1-2H3/b16-12-. The summed E-state index contributed by atoms with van der Waals surface area (Å²) in [5, 5.41) is 2.29. The Balaban J connectivity index is 2.34. The molecule has 2 rings (SSSR count). The van der Waals surface area contributed by atoms with Crippen molar-refractivity contribution in [2.45, 2.75) is 13.8 Å². The fourth-order valence-corrected chi connectivity index (χ4v) is 1.97. The van der Waals surface area contributed by atoms with Gasteiger partial charge < -0.3 is 9.47 Å². The lowest BCUT2D eigenvalue weighted by Gasteiger charge is -2.08. The molecule has 0 bridgehead atoms. The fourth-order valence-electron chi connectivity index (χ4n) is 1.97. The number of hydrogen-bond acceptors (Lipinski definition) is 3. The van der Waals surface area contributed by atoms with Gasteiger partial charge in [-0.1, -0.05) is 36.4 Å². The van der Waals surface area contributed by atoms with E-state index in [0.717, 1.165) is 10.9 Å². The summed E-state index contributed by atoms with van der Waals surface area (Å²) in [6.45, 7) is 4.38. The van der Waals surface area contributed by atoms with Gasteiger partial charge in [-0.15, -0.1) is 0 Å². The largest absolute Gasteiger partial charge is 0.487 e. The van der Waals surface area contributed by atoms with Crippen LogP contribution in [0.4, 0.5) is 0 Å². The zero-order valence-electron chi connectivity index (χ0n) is 11.8. The van der Waals surface area contributed by atoms with E-state index >= 15 is 0 Å². The zero-order valence-corrected chi connectivity index (χ0v) is 11.8. The normalized spacial score (nSPS) is 11.4. The van der Waals surface area contributed by atoms with E-state index in [1.54, 1.807) is 13.0 Å². The van der Waals surface area contributed by atoms with Crippen molar-refractivity contribution in [1.82, 2.24) is 0 Å². The second-order valence-electron chi connectivity index (χ2n) is 4.27. The number of carbonyl (C=O) groups is 1. The predicted octanol–water partition coefficient (Wildman–Crippen LogP) is 3.78. The highest BCUT2D eigenvalue weighted by Gasteiger charge is 2.11. The van der Waals surface area contributed by atoms with E-state index in [9.17, 15) is 4.79 Å². The molecule has 0 unspecified atom stereocenters. The molecule has 104 valence electrons. The maximum absolute atomic E-state index is 11.8. The van der Waals surface area contributed by atoms with Gasteiger partial charge in [-0.2, -0.15) is 0 Å². The van der Waals surface area contributed by atoms with Crippen LogP contribution in [-0.4, -0.2) is 19.2 Å². The van der Waals surface area contributed by atoms with Gasteiger partial charge in [0.2, 0.25) is 5.76 Å². The van der Waals surface area contributed by atoms with E-state index < -0.39 is 5.97 Å². The number of rotatable bonds is 5. The summed E-state index contributed by atoms with van der Waals surface area (Å²) in [5.74, 6) is -0.188. The Morgan fingerprint density at radius 2 is 1.70 bits per heavy atom. The first-order valence-electron chi connectivity index (χ1n) is 6.75. The highest BCUT2D eigenvalue weighted by atomic mass is 16.6. The molecular weight excluding hydrogens is 252 g/mol. The summed E-state index contributed by atoms with van der Waals surface area (Å²) in [5.41, 5.74) is 0.917. The monoisotopic (exact) mass is 270 g/mol. The Labute approximate surface area is 118 Å². The van der Waals surface area contributed by atoms with Gasteiger partial charge in [0, 0.05) is 0 Å². The molecule has 2 aromatic carbocycles. The van der Waals surface area contributed by atoms with Crippen molar-refractivity contribution in [1.29, 1.82) is 0 Å². The van der Waals surface area contributed by atoms with Crippen molar-refractivity contribution in [3.8, 4) is 0 Å². The maximum Gasteiger partial charge on any atom is 0.373 e. The summed E-state index contributed by atoms with van der Waals surface area (Å²) < 4.78 is 10.3. The Bertz CT molecular complexity index is 629. The Kier molecular flexibility index (Phi) is 4.77. The summed E-state index contributed by atoms with van der Waals surface area (Å²) in [4.78, 5) is 11.8. The molecule has 0 N–H and O–H groups in total. The average molecular weight is 270 g/mol. The van der Waals surface area contributed by atoms with Crippen LogP contribution in [0, 0.1) is 0 Å². The molecule has 0 aliphatic rings. The first-order valence-corrected chi connectivity index (χ1v) is 6.75. The Morgan fingerprint density at radius 3 is 2.40 bits per heavy atom. The second kappa shape index (κ2) is 6.75. The highest BCUT2D eigenvalue weighted by Crippen LogP contribution is 2.18. The maximum atomic E-state index is 11.8. The van der Waals surface area contributed by atoms with Crippen LogP contribution in [0.5, 0.6) is 0 Å². The minimum absolute atomic E-state index is 0.240. The predicted molar refractivity (Wildman–Crippen MR) is 80.2 cm³/mol. The molecule has 0 atom stereocenters. The van der Waals surface area contributed by atoms with E-state index in [0.29, 0.717) is 13.2 Å². The molecule has 0 aromatic heterocycles. The van der Waals surface area contributed by atoms with E-state index in [4.69, 9.17) is 9.47 Å². The Morgan fingerprint density at radius 1 is 1.00 bits per heavy atom. The van der Waals surface area contributed by atoms with Crippen molar-refractivity contribution in [2.24, 2.45) is 0 Å². The molecule has 2 aromatic rings. The zero-order chi connectivity index (χ0) is 14.4. The van der Waals surface area contributed by atoms with E-state index in [-0.39, 0.29) is 5.76 Å². The summed E-state index contributed by atoms with van der Waals surface area (Å²) in [7, 11) is 0. The van der Waals surface area contributed by atoms with E-state index in [1.165, 1.54) is 5.39 Å². The molecule has 0 aliphatic carbocycles. The third-order valence-electron chi connectivity index (χ3n) is 2.85. The van der Waals surface area contributed by atoms with Crippen LogP contribution in [0.2, 0.25) is 0 Å². The third kappa shape index (κ3) is 3.38. The van der Waals surface area contributed by atoms with Crippen LogP contribution in [0.3, 0.4) is 0 Å². The smallest absolute Gasteiger partial charge is 0.373 e. The first-order chi connectivity index (χ1) is 9.74. The molecule has 0 radical (unpaired) electrons. The third-order valence-corrected chi connectivity index (χ3v) is 2.85. The molecule has 0 saturated carbocycles. The van der Waals surface area contributed by atoms with Crippen molar-refractivity contribution >= 4 is 22.8 Å². The summed E-state index contributed by atoms with van der Waals surface area (Å²) in [6.07, 6.45) is 1.72. The molecule has 0 saturated heterocycles. The SMILES string of the molecule is CCOC(=O)/C(=C/c1ccc2ccccc2c1)OCC. The van der Waals surface area contributed by atoms with Gasteiger partial charge in [0.25, 0.3) is 0 Å². The molecule has 3 heteroatoms. The molecule has 0 aliphatic heterocycles.